The van der Waals surface area contributed by atoms with Gasteiger partial charge in [0.2, 0.25) is 0 Å². The second-order valence-corrected chi connectivity index (χ2v) is 15.3. The summed E-state index contributed by atoms with van der Waals surface area (Å²) < 4.78 is 0. The van der Waals surface area contributed by atoms with Crippen molar-refractivity contribution in [1.29, 1.82) is 0 Å². The molecule has 31 heavy (non-hydrogen) atoms. The van der Waals surface area contributed by atoms with Crippen LogP contribution < -0.4 is 0 Å². The molecule has 0 heterocycles. The first-order valence-corrected chi connectivity index (χ1v) is 13.8. The highest BCUT2D eigenvalue weighted by Gasteiger charge is 2.71. The van der Waals surface area contributed by atoms with Crippen molar-refractivity contribution in [2.24, 2.45) is 56.2 Å². The summed E-state index contributed by atoms with van der Waals surface area (Å²) in [6.07, 6.45) is 14.5. The molecule has 0 bridgehead atoms. The minimum atomic E-state index is -0.0694. The van der Waals surface area contributed by atoms with Gasteiger partial charge in [0.05, 0.1) is 0 Å². The zero-order chi connectivity index (χ0) is 22.7. The Balaban J connectivity index is 1.57. The number of Topliss-reactive ketones (excluding diaryl/α,β-unsaturated/α-hetero) is 1. The fraction of sp³-hybridized carbons (Fsp3) is 0.967. The van der Waals surface area contributed by atoms with Gasteiger partial charge >= 0.3 is 0 Å². The zero-order valence-corrected chi connectivity index (χ0v) is 22.0. The normalized spacial score (nSPS) is 58.5. The van der Waals surface area contributed by atoms with E-state index in [1.807, 2.05) is 0 Å². The van der Waals surface area contributed by atoms with Crippen molar-refractivity contribution in [2.45, 2.75) is 126 Å². The van der Waals surface area contributed by atoms with Crippen LogP contribution in [0.2, 0.25) is 0 Å². The molecule has 5 saturated carbocycles. The van der Waals surface area contributed by atoms with E-state index in [-0.39, 0.29) is 10.8 Å². The molecule has 5 aliphatic carbocycles. The predicted octanol–water partition coefficient (Wildman–Crippen LogP) is 8.46. The molecule has 0 radical (unpaired) electrons. The highest BCUT2D eigenvalue weighted by molar-refractivity contribution is 5.86. The first kappa shape index (κ1) is 22.5. The summed E-state index contributed by atoms with van der Waals surface area (Å²) in [5, 5.41) is 0. The van der Waals surface area contributed by atoms with E-state index in [1.165, 1.54) is 57.8 Å². The molecule has 0 aliphatic heterocycles. The summed E-state index contributed by atoms with van der Waals surface area (Å²) in [6.45, 7) is 20.4. The summed E-state index contributed by atoms with van der Waals surface area (Å²) in [6, 6.07) is 0. The first-order chi connectivity index (χ1) is 14.2. The molecular weight excluding hydrogens is 376 g/mol. The molecular formula is C30H50O. The van der Waals surface area contributed by atoms with Crippen molar-refractivity contribution in [3.63, 3.8) is 0 Å². The van der Waals surface area contributed by atoms with E-state index in [9.17, 15) is 4.79 Å². The molecule has 0 unspecified atom stereocenters. The summed E-state index contributed by atoms with van der Waals surface area (Å²) in [7, 11) is 0. The second kappa shape index (κ2) is 6.41. The van der Waals surface area contributed by atoms with E-state index >= 15 is 0 Å². The third-order valence-corrected chi connectivity index (χ3v) is 13.6. The summed E-state index contributed by atoms with van der Waals surface area (Å²) >= 11 is 0. The van der Waals surface area contributed by atoms with Gasteiger partial charge in [-0.2, -0.15) is 0 Å². The van der Waals surface area contributed by atoms with Gasteiger partial charge in [-0.05, 0) is 102 Å². The van der Waals surface area contributed by atoms with Crippen LogP contribution in [-0.2, 0) is 4.79 Å². The minimum Gasteiger partial charge on any atom is -0.299 e. The average molecular weight is 427 g/mol. The van der Waals surface area contributed by atoms with E-state index in [4.69, 9.17) is 0 Å². The number of carbonyl (C=O) groups is 1. The monoisotopic (exact) mass is 426 g/mol. The van der Waals surface area contributed by atoms with E-state index in [0.717, 1.165) is 30.6 Å². The van der Waals surface area contributed by atoms with Crippen LogP contribution >= 0.6 is 0 Å². The average Bonchev–Trinajstić information content (AvgIpc) is 2.67. The van der Waals surface area contributed by atoms with Crippen LogP contribution in [0, 0.1) is 56.2 Å². The van der Waals surface area contributed by atoms with Crippen LogP contribution in [0.3, 0.4) is 0 Å². The molecule has 0 aromatic rings. The van der Waals surface area contributed by atoms with Crippen molar-refractivity contribution >= 4 is 5.78 Å². The Hall–Kier alpha value is -0.330. The van der Waals surface area contributed by atoms with Crippen molar-refractivity contribution < 1.29 is 4.79 Å². The Bertz CT molecular complexity index is 781. The first-order valence-electron chi connectivity index (χ1n) is 13.8. The lowest BCUT2D eigenvalue weighted by Crippen LogP contribution is -2.68. The maximum Gasteiger partial charge on any atom is 0.139 e. The Morgan fingerprint density at radius 1 is 0.677 bits per heavy atom. The Morgan fingerprint density at radius 2 is 1.32 bits per heavy atom. The predicted molar refractivity (Wildman–Crippen MR) is 130 cm³/mol. The van der Waals surface area contributed by atoms with Gasteiger partial charge in [0.1, 0.15) is 5.78 Å². The molecule has 1 nitrogen and oxygen atoms in total. The second-order valence-electron chi connectivity index (χ2n) is 15.3. The fourth-order valence-corrected chi connectivity index (χ4v) is 11.2. The molecule has 0 aromatic carbocycles. The van der Waals surface area contributed by atoms with E-state index in [2.05, 4.69) is 55.4 Å². The van der Waals surface area contributed by atoms with Crippen LogP contribution in [0.5, 0.6) is 0 Å². The molecule has 0 N–H and O–H groups in total. The number of rotatable bonds is 0. The van der Waals surface area contributed by atoms with E-state index < -0.39 is 0 Å². The van der Waals surface area contributed by atoms with Gasteiger partial charge in [-0.3, -0.25) is 4.79 Å². The number of hydrogen-bond donors (Lipinski definition) is 0. The van der Waals surface area contributed by atoms with Gasteiger partial charge in [0, 0.05) is 11.8 Å². The van der Waals surface area contributed by atoms with E-state index in [1.54, 1.807) is 0 Å². The SMILES string of the molecule is C[C@H]1CCC[C@@H]2[C@]1(C)CC[C@H]1[C@@]2(C)CC[C@@]2(C)[C@@H]3CC(C)(C)CC(=O)[C@]3(C)CC[C@]12C. The van der Waals surface area contributed by atoms with Gasteiger partial charge in [0.15, 0.2) is 0 Å². The number of hydrogen-bond acceptors (Lipinski definition) is 1. The fourth-order valence-electron chi connectivity index (χ4n) is 11.2. The number of fused-ring (bicyclic) bond motifs is 7. The smallest absolute Gasteiger partial charge is 0.139 e. The van der Waals surface area contributed by atoms with Crippen LogP contribution in [0.1, 0.15) is 126 Å². The summed E-state index contributed by atoms with van der Waals surface area (Å²) in [5.41, 5.74) is 1.86. The van der Waals surface area contributed by atoms with Crippen LogP contribution in [0.4, 0.5) is 0 Å². The summed E-state index contributed by atoms with van der Waals surface area (Å²) in [4.78, 5) is 13.5. The van der Waals surface area contributed by atoms with Gasteiger partial charge in [0.25, 0.3) is 0 Å². The van der Waals surface area contributed by atoms with Gasteiger partial charge in [-0.1, -0.05) is 68.2 Å². The highest BCUT2D eigenvalue weighted by atomic mass is 16.1. The van der Waals surface area contributed by atoms with Gasteiger partial charge < -0.3 is 0 Å². The number of ketones is 1. The molecule has 5 rings (SSSR count). The highest BCUT2D eigenvalue weighted by Crippen LogP contribution is 2.78. The Kier molecular flexibility index (Phi) is 4.65. The van der Waals surface area contributed by atoms with Gasteiger partial charge in [-0.15, -0.1) is 0 Å². The molecule has 0 aromatic heterocycles. The molecule has 176 valence electrons. The summed E-state index contributed by atoms with van der Waals surface area (Å²) in [5.74, 6) is 3.78. The molecule has 0 saturated heterocycles. The van der Waals surface area contributed by atoms with Crippen LogP contribution in [-0.4, -0.2) is 5.78 Å². The lowest BCUT2D eigenvalue weighted by molar-refractivity contribution is -0.253. The lowest BCUT2D eigenvalue weighted by Gasteiger charge is -2.74. The third-order valence-electron chi connectivity index (χ3n) is 13.6. The van der Waals surface area contributed by atoms with E-state index in [0.29, 0.717) is 33.4 Å². The third kappa shape index (κ3) is 2.65. The maximum absolute atomic E-state index is 13.5. The molecule has 5 aliphatic rings. The molecule has 9 atom stereocenters. The Labute approximate surface area is 192 Å². The minimum absolute atomic E-state index is 0.0694. The molecule has 1 heteroatoms. The quantitative estimate of drug-likeness (QED) is 0.379. The molecule has 5 fully saturated rings. The van der Waals surface area contributed by atoms with Crippen molar-refractivity contribution in [3.8, 4) is 0 Å². The van der Waals surface area contributed by atoms with Crippen LogP contribution in [0.25, 0.3) is 0 Å². The maximum atomic E-state index is 13.5. The number of carbonyl (C=O) groups excluding carboxylic acids is 1. The molecule has 0 amide bonds. The van der Waals surface area contributed by atoms with Crippen molar-refractivity contribution in [3.05, 3.63) is 0 Å². The van der Waals surface area contributed by atoms with Gasteiger partial charge in [-0.25, -0.2) is 0 Å². The van der Waals surface area contributed by atoms with Crippen molar-refractivity contribution in [1.82, 2.24) is 0 Å². The van der Waals surface area contributed by atoms with Crippen LogP contribution in [0.15, 0.2) is 0 Å². The topological polar surface area (TPSA) is 17.1 Å². The van der Waals surface area contributed by atoms with Crippen molar-refractivity contribution in [2.75, 3.05) is 0 Å². The molecule has 0 spiro atoms. The largest absolute Gasteiger partial charge is 0.299 e. The zero-order valence-electron chi connectivity index (χ0n) is 22.0. The lowest BCUT2D eigenvalue weighted by atomic mass is 9.30. The standard InChI is InChI=1S/C30H50O/c1-20-10-9-11-21-26(20,4)13-12-22-27(21,5)14-16-30(8)23-18-25(2,3)19-24(31)28(23,6)15-17-29(22,30)7/h20-23H,9-19H2,1-8H3/t20-,21+,22-,23+,26+,27-,28+,29+,30-/m0/s1. The Morgan fingerprint density at radius 3 is 2.03 bits per heavy atom.